The van der Waals surface area contributed by atoms with Gasteiger partial charge in [-0.05, 0) is 43.3 Å². The van der Waals surface area contributed by atoms with Gasteiger partial charge < -0.3 is 10.1 Å². The van der Waals surface area contributed by atoms with Crippen molar-refractivity contribution in [1.82, 2.24) is 14.8 Å². The molecule has 1 N–H and O–H groups in total. The van der Waals surface area contributed by atoms with Crippen LogP contribution in [0.15, 0.2) is 72.9 Å². The van der Waals surface area contributed by atoms with Crippen molar-refractivity contribution in [2.24, 2.45) is 0 Å². The van der Waals surface area contributed by atoms with Crippen LogP contribution in [0.25, 0.3) is 16.9 Å². The molecule has 0 unspecified atom stereocenters. The molecule has 0 aliphatic heterocycles. The molecule has 0 aliphatic carbocycles. The van der Waals surface area contributed by atoms with E-state index in [0.717, 1.165) is 0 Å². The van der Waals surface area contributed by atoms with Gasteiger partial charge in [-0.3, -0.25) is 9.78 Å². The minimum absolute atomic E-state index is 0.0624. The number of carbonyl (C=O) groups is 2. The molecule has 2 aromatic heterocycles. The molecule has 0 spiro atoms. The van der Waals surface area contributed by atoms with Crippen LogP contribution in [0.5, 0.6) is 0 Å². The highest BCUT2D eigenvalue weighted by Gasteiger charge is 2.21. The van der Waals surface area contributed by atoms with E-state index in [1.165, 1.54) is 16.8 Å². The van der Waals surface area contributed by atoms with E-state index in [1.54, 1.807) is 43.5 Å². The van der Waals surface area contributed by atoms with Crippen LogP contribution in [-0.2, 0) is 4.74 Å². The topological polar surface area (TPSA) is 86.1 Å². The summed E-state index contributed by atoms with van der Waals surface area (Å²) in [6.45, 7) is 1.91. The van der Waals surface area contributed by atoms with Crippen LogP contribution in [-0.4, -0.2) is 33.2 Å². The molecule has 0 saturated carbocycles. The molecule has 0 fully saturated rings. The Balaban J connectivity index is 1.72. The molecule has 33 heavy (non-hydrogen) atoms. The van der Waals surface area contributed by atoms with Crippen LogP contribution in [0, 0.1) is 0 Å². The standard InChI is InChI=1S/C24H18Cl2N4O3/c1-2-33-24(32)21-14-22(30(29-21)15-8-4-3-5-9-15)28-23(31)17-12-16(18(25)13-19(17)26)20-10-6-7-11-27-20/h3-14H,2H2,1H3,(H,28,31). The van der Waals surface area contributed by atoms with Gasteiger partial charge in [-0.25, -0.2) is 9.48 Å². The van der Waals surface area contributed by atoms with Crippen LogP contribution in [0.3, 0.4) is 0 Å². The second-order valence-electron chi connectivity index (χ2n) is 6.86. The first-order valence-electron chi connectivity index (χ1n) is 10.0. The largest absolute Gasteiger partial charge is 0.461 e. The zero-order valence-electron chi connectivity index (χ0n) is 17.5. The molecule has 2 heterocycles. The average molecular weight is 481 g/mol. The lowest BCUT2D eigenvalue weighted by atomic mass is 10.1. The molecule has 166 valence electrons. The normalized spacial score (nSPS) is 10.6. The second kappa shape index (κ2) is 9.85. The van der Waals surface area contributed by atoms with Crippen molar-refractivity contribution in [2.75, 3.05) is 11.9 Å². The van der Waals surface area contributed by atoms with E-state index in [1.807, 2.05) is 24.3 Å². The Morgan fingerprint density at radius 2 is 1.76 bits per heavy atom. The molecule has 0 bridgehead atoms. The number of hydrogen-bond donors (Lipinski definition) is 1. The molecule has 0 atom stereocenters. The Hall–Kier alpha value is -3.68. The molecule has 0 aliphatic rings. The summed E-state index contributed by atoms with van der Waals surface area (Å²) in [5, 5.41) is 7.64. The highest BCUT2D eigenvalue weighted by atomic mass is 35.5. The fourth-order valence-electron chi connectivity index (χ4n) is 3.17. The zero-order chi connectivity index (χ0) is 23.4. The summed E-state index contributed by atoms with van der Waals surface area (Å²) in [6, 6.07) is 19.0. The predicted molar refractivity (Wildman–Crippen MR) is 127 cm³/mol. The number of anilines is 1. The maximum atomic E-state index is 13.2. The number of nitrogens with zero attached hydrogens (tertiary/aromatic N) is 3. The number of nitrogens with one attached hydrogen (secondary N) is 1. The SMILES string of the molecule is CCOC(=O)c1cc(NC(=O)c2cc(-c3ccccn3)c(Cl)cc2Cl)n(-c2ccccc2)n1. The van der Waals surface area contributed by atoms with E-state index in [0.29, 0.717) is 22.0 Å². The van der Waals surface area contributed by atoms with E-state index in [2.05, 4.69) is 15.4 Å². The Bertz CT molecular complexity index is 1310. The predicted octanol–water partition coefficient (Wildman–Crippen LogP) is 5.67. The van der Waals surface area contributed by atoms with Crippen molar-refractivity contribution in [2.45, 2.75) is 6.92 Å². The third-order valence-corrected chi connectivity index (χ3v) is 5.30. The lowest BCUT2D eigenvalue weighted by Gasteiger charge is -2.12. The maximum Gasteiger partial charge on any atom is 0.358 e. The Labute approximate surface area is 199 Å². The van der Waals surface area contributed by atoms with Crippen LogP contribution in [0.1, 0.15) is 27.8 Å². The van der Waals surface area contributed by atoms with E-state index < -0.39 is 11.9 Å². The zero-order valence-corrected chi connectivity index (χ0v) is 19.0. The maximum absolute atomic E-state index is 13.2. The molecule has 7 nitrogen and oxygen atoms in total. The first-order valence-corrected chi connectivity index (χ1v) is 10.8. The first kappa shape index (κ1) is 22.5. The molecular formula is C24H18Cl2N4O3. The fraction of sp³-hybridized carbons (Fsp3) is 0.0833. The smallest absolute Gasteiger partial charge is 0.358 e. The Morgan fingerprint density at radius 1 is 1.00 bits per heavy atom. The minimum Gasteiger partial charge on any atom is -0.461 e. The molecule has 0 radical (unpaired) electrons. The third-order valence-electron chi connectivity index (χ3n) is 4.68. The molecular weight excluding hydrogens is 463 g/mol. The highest BCUT2D eigenvalue weighted by Crippen LogP contribution is 2.32. The number of pyridine rings is 1. The molecule has 0 saturated heterocycles. The van der Waals surface area contributed by atoms with Crippen LogP contribution in [0.2, 0.25) is 10.0 Å². The molecule has 4 aromatic rings. The summed E-state index contributed by atoms with van der Waals surface area (Å²) >= 11 is 12.7. The molecule has 9 heteroatoms. The second-order valence-corrected chi connectivity index (χ2v) is 7.68. The molecule has 2 aromatic carbocycles. The Morgan fingerprint density at radius 3 is 2.45 bits per heavy atom. The number of esters is 1. The van der Waals surface area contributed by atoms with Gasteiger partial charge in [-0.2, -0.15) is 5.10 Å². The van der Waals surface area contributed by atoms with Gasteiger partial charge >= 0.3 is 5.97 Å². The summed E-state index contributed by atoms with van der Waals surface area (Å²) in [4.78, 5) is 29.7. The van der Waals surface area contributed by atoms with E-state index in [9.17, 15) is 9.59 Å². The summed E-state index contributed by atoms with van der Waals surface area (Å²) in [5.74, 6) is -0.814. The van der Waals surface area contributed by atoms with Gasteiger partial charge in [-0.15, -0.1) is 0 Å². The van der Waals surface area contributed by atoms with Gasteiger partial charge in [0.25, 0.3) is 5.91 Å². The quantitative estimate of drug-likeness (QED) is 0.359. The summed E-state index contributed by atoms with van der Waals surface area (Å²) in [5.41, 5.74) is 2.08. The minimum atomic E-state index is -0.593. The number of para-hydroxylation sites is 1. The fourth-order valence-corrected chi connectivity index (χ4v) is 3.73. The van der Waals surface area contributed by atoms with Crippen molar-refractivity contribution in [3.63, 3.8) is 0 Å². The van der Waals surface area contributed by atoms with E-state index >= 15 is 0 Å². The van der Waals surface area contributed by atoms with Crippen molar-refractivity contribution < 1.29 is 14.3 Å². The summed E-state index contributed by atoms with van der Waals surface area (Å²) < 4.78 is 6.50. The van der Waals surface area contributed by atoms with Crippen LogP contribution in [0.4, 0.5) is 5.82 Å². The highest BCUT2D eigenvalue weighted by molar-refractivity contribution is 6.38. The number of benzene rings is 2. The number of halogens is 2. The number of amides is 1. The van der Waals surface area contributed by atoms with Crippen LogP contribution < -0.4 is 5.32 Å². The summed E-state index contributed by atoms with van der Waals surface area (Å²) in [7, 11) is 0. The van der Waals surface area contributed by atoms with Crippen molar-refractivity contribution in [3.8, 4) is 16.9 Å². The number of aromatic nitrogens is 3. The third kappa shape index (κ3) is 4.89. The number of carbonyl (C=O) groups excluding carboxylic acids is 2. The Kier molecular flexibility index (Phi) is 6.72. The van der Waals surface area contributed by atoms with Gasteiger partial charge in [0.05, 0.1) is 33.6 Å². The van der Waals surface area contributed by atoms with Gasteiger partial charge in [0.2, 0.25) is 0 Å². The van der Waals surface area contributed by atoms with Crippen LogP contribution >= 0.6 is 23.2 Å². The van der Waals surface area contributed by atoms with Crippen molar-refractivity contribution in [1.29, 1.82) is 0 Å². The van der Waals surface area contributed by atoms with Crippen molar-refractivity contribution in [3.05, 3.63) is 94.2 Å². The summed E-state index contributed by atoms with van der Waals surface area (Å²) in [6.07, 6.45) is 1.63. The molecule has 4 rings (SSSR count). The molecule has 1 amide bonds. The monoisotopic (exact) mass is 480 g/mol. The van der Waals surface area contributed by atoms with Gasteiger partial charge in [0, 0.05) is 17.8 Å². The van der Waals surface area contributed by atoms with E-state index in [4.69, 9.17) is 27.9 Å². The van der Waals surface area contributed by atoms with Gasteiger partial charge in [0.15, 0.2) is 5.69 Å². The number of ether oxygens (including phenoxy) is 1. The lowest BCUT2D eigenvalue weighted by Crippen LogP contribution is -2.16. The lowest BCUT2D eigenvalue weighted by molar-refractivity contribution is 0.0518. The van der Waals surface area contributed by atoms with Gasteiger partial charge in [0.1, 0.15) is 5.82 Å². The van der Waals surface area contributed by atoms with E-state index in [-0.39, 0.29) is 28.7 Å². The number of rotatable bonds is 6. The average Bonchev–Trinajstić information content (AvgIpc) is 3.24. The van der Waals surface area contributed by atoms with Crippen molar-refractivity contribution >= 4 is 40.9 Å². The first-order chi connectivity index (χ1) is 16.0. The van der Waals surface area contributed by atoms with Gasteiger partial charge in [-0.1, -0.05) is 47.5 Å². The number of hydrogen-bond acceptors (Lipinski definition) is 5.